The van der Waals surface area contributed by atoms with Crippen LogP contribution in [0.15, 0.2) is 140 Å². The molecule has 0 amide bonds. The molecule has 3 heterocycles. The summed E-state index contributed by atoms with van der Waals surface area (Å²) in [4.78, 5) is 6.60. The van der Waals surface area contributed by atoms with Gasteiger partial charge in [-0.2, -0.15) is 10.2 Å². The summed E-state index contributed by atoms with van der Waals surface area (Å²) in [7, 11) is -0.446. The highest BCUT2D eigenvalue weighted by atomic mass is 31.1. The Morgan fingerprint density at radius 3 is 1.98 bits per heavy atom. The molecule has 9 heteroatoms. The van der Waals surface area contributed by atoms with Gasteiger partial charge in [-0.1, -0.05) is 103 Å². The Hall–Kier alpha value is -5.14. The number of benzene rings is 5. The smallest absolute Gasteiger partial charge is 0.155 e. The van der Waals surface area contributed by atoms with E-state index in [0.29, 0.717) is 6.61 Å². The summed E-state index contributed by atoms with van der Waals surface area (Å²) in [6.45, 7) is 5.10. The fourth-order valence-corrected chi connectivity index (χ4v) is 8.06. The van der Waals surface area contributed by atoms with Gasteiger partial charge in [0.15, 0.2) is 5.82 Å². The van der Waals surface area contributed by atoms with E-state index in [9.17, 15) is 0 Å². The van der Waals surface area contributed by atoms with Crippen molar-refractivity contribution >= 4 is 34.7 Å². The summed E-state index contributed by atoms with van der Waals surface area (Å²) in [6, 6.07) is 46.5. The van der Waals surface area contributed by atoms with Crippen LogP contribution in [0.2, 0.25) is 0 Å². The van der Waals surface area contributed by atoms with Gasteiger partial charge in [0.05, 0.1) is 18.7 Å². The van der Waals surface area contributed by atoms with Gasteiger partial charge in [0.2, 0.25) is 0 Å². The third-order valence-corrected chi connectivity index (χ3v) is 10.6. The van der Waals surface area contributed by atoms with E-state index < -0.39 is 7.92 Å². The van der Waals surface area contributed by atoms with Crippen LogP contribution in [0.1, 0.15) is 0 Å². The van der Waals surface area contributed by atoms with Crippen LogP contribution in [0, 0.1) is 0 Å². The zero-order valence-corrected chi connectivity index (χ0v) is 27.5. The number of aromatic amines is 2. The molecule has 8 rings (SSSR count). The predicted octanol–water partition coefficient (Wildman–Crippen LogP) is 6.17. The zero-order valence-electron chi connectivity index (χ0n) is 26.6. The largest absolute Gasteiger partial charge is 0.492 e. The predicted molar refractivity (Wildman–Crippen MR) is 195 cm³/mol. The van der Waals surface area contributed by atoms with E-state index in [1.54, 1.807) is 0 Å². The van der Waals surface area contributed by atoms with Crippen molar-refractivity contribution in [3.63, 3.8) is 0 Å². The van der Waals surface area contributed by atoms with Crippen molar-refractivity contribution < 1.29 is 9.47 Å². The monoisotopic (exact) mass is 652 g/mol. The highest BCUT2D eigenvalue weighted by Crippen LogP contribution is 2.33. The number of ether oxygens (including phenoxy) is 2. The molecule has 0 atom stereocenters. The molecule has 240 valence electrons. The third kappa shape index (κ3) is 7.69. The lowest BCUT2D eigenvalue weighted by atomic mass is 10.1. The number of nitrogens with zero attached hydrogens (tertiary/aromatic N) is 4. The van der Waals surface area contributed by atoms with E-state index in [1.165, 1.54) is 22.2 Å². The first-order valence-electron chi connectivity index (χ1n) is 16.1. The Balaban J connectivity index is 0.000000166. The van der Waals surface area contributed by atoms with Gasteiger partial charge in [-0.05, 0) is 54.2 Å². The highest BCUT2D eigenvalue weighted by Gasteiger charge is 2.15. The standard InChI is InChI=1S/C21H22N6O2.C18H15P/c1-2-15(12-17(3-1)29-11-8-27-6-9-28-10-7-27)20-18-13-16(21-22-14-23-26-21)4-5-19(18)24-25-20;1-4-10-16(11-5-1)19(17-12-6-2-7-13-17)18-14-8-3-9-15-18/h1-5,12-14H,6-11H2,(H,24,25)(H,22,23,26);1-15H. The van der Waals surface area contributed by atoms with Gasteiger partial charge in [-0.3, -0.25) is 15.1 Å². The van der Waals surface area contributed by atoms with E-state index in [0.717, 1.165) is 72.1 Å². The number of nitrogens with one attached hydrogen (secondary N) is 2. The van der Waals surface area contributed by atoms with Gasteiger partial charge in [-0.25, -0.2) is 4.98 Å². The van der Waals surface area contributed by atoms with Crippen molar-refractivity contribution in [3.8, 4) is 28.4 Å². The second-order valence-electron chi connectivity index (χ2n) is 11.3. The summed E-state index contributed by atoms with van der Waals surface area (Å²) in [6.07, 6.45) is 1.51. The first-order valence-corrected chi connectivity index (χ1v) is 17.5. The number of rotatable bonds is 9. The van der Waals surface area contributed by atoms with Crippen molar-refractivity contribution in [1.29, 1.82) is 0 Å². The molecule has 5 aromatic carbocycles. The Labute approximate surface area is 281 Å². The molecule has 48 heavy (non-hydrogen) atoms. The number of morpholine rings is 1. The van der Waals surface area contributed by atoms with Crippen LogP contribution in [0.3, 0.4) is 0 Å². The Morgan fingerprint density at radius 1 is 0.688 bits per heavy atom. The van der Waals surface area contributed by atoms with E-state index in [2.05, 4.69) is 127 Å². The van der Waals surface area contributed by atoms with E-state index in [1.807, 2.05) is 36.4 Å². The summed E-state index contributed by atoms with van der Waals surface area (Å²) in [5.74, 6) is 1.58. The minimum atomic E-state index is -0.446. The van der Waals surface area contributed by atoms with Gasteiger partial charge in [0.1, 0.15) is 24.4 Å². The van der Waals surface area contributed by atoms with Gasteiger partial charge in [-0.15, -0.1) is 0 Å². The van der Waals surface area contributed by atoms with Crippen molar-refractivity contribution in [2.75, 3.05) is 39.5 Å². The van der Waals surface area contributed by atoms with Crippen LogP contribution >= 0.6 is 7.92 Å². The van der Waals surface area contributed by atoms with Crippen LogP contribution in [-0.2, 0) is 4.74 Å². The minimum absolute atomic E-state index is 0.446. The summed E-state index contributed by atoms with van der Waals surface area (Å²) < 4.78 is 11.4. The second-order valence-corrected chi connectivity index (χ2v) is 13.6. The van der Waals surface area contributed by atoms with Crippen molar-refractivity contribution in [1.82, 2.24) is 30.3 Å². The maximum Gasteiger partial charge on any atom is 0.155 e. The number of fused-ring (bicyclic) bond motifs is 1. The molecule has 0 radical (unpaired) electrons. The molecule has 2 aromatic heterocycles. The van der Waals surface area contributed by atoms with E-state index in [4.69, 9.17) is 9.47 Å². The molecule has 0 unspecified atom stereocenters. The molecule has 0 bridgehead atoms. The lowest BCUT2D eigenvalue weighted by Gasteiger charge is -2.26. The van der Waals surface area contributed by atoms with Crippen molar-refractivity contribution in [2.24, 2.45) is 0 Å². The molecule has 1 aliphatic rings. The lowest BCUT2D eigenvalue weighted by Crippen LogP contribution is -2.38. The average Bonchev–Trinajstić information content (AvgIpc) is 3.85. The molecule has 1 fully saturated rings. The molecule has 0 saturated carbocycles. The van der Waals surface area contributed by atoms with Crippen LogP contribution in [0.25, 0.3) is 33.5 Å². The molecule has 1 saturated heterocycles. The molecule has 0 spiro atoms. The molecular formula is C39H37N6O2P. The fourth-order valence-electron chi connectivity index (χ4n) is 5.75. The van der Waals surface area contributed by atoms with Gasteiger partial charge >= 0.3 is 0 Å². The van der Waals surface area contributed by atoms with Gasteiger partial charge in [0, 0.05) is 36.1 Å². The quantitative estimate of drug-likeness (QED) is 0.181. The maximum atomic E-state index is 6.00. The van der Waals surface area contributed by atoms with E-state index >= 15 is 0 Å². The van der Waals surface area contributed by atoms with Crippen LogP contribution < -0.4 is 20.7 Å². The van der Waals surface area contributed by atoms with Crippen LogP contribution in [0.5, 0.6) is 5.75 Å². The summed E-state index contributed by atoms with van der Waals surface area (Å²) in [5.41, 5.74) is 3.84. The Bertz CT molecular complexity index is 1900. The molecule has 7 aromatic rings. The van der Waals surface area contributed by atoms with Gasteiger partial charge < -0.3 is 9.47 Å². The minimum Gasteiger partial charge on any atom is -0.492 e. The SMILES string of the molecule is c1cc(OCCN2CCOCC2)cc(-c2n[nH]c3ccc(-c4ncn[nH]4)cc23)c1.c1ccc(P(c2ccccc2)c2ccccc2)cc1. The normalized spacial score (nSPS) is 13.3. The number of hydrogen-bond acceptors (Lipinski definition) is 6. The van der Waals surface area contributed by atoms with Crippen LogP contribution in [0.4, 0.5) is 0 Å². The summed E-state index contributed by atoms with van der Waals surface area (Å²) in [5, 5.41) is 19.7. The Morgan fingerprint density at radius 2 is 1.35 bits per heavy atom. The number of aromatic nitrogens is 5. The number of hydrogen-bond donors (Lipinski definition) is 2. The van der Waals surface area contributed by atoms with Gasteiger partial charge in [0.25, 0.3) is 0 Å². The molecule has 1 aliphatic heterocycles. The lowest BCUT2D eigenvalue weighted by molar-refractivity contribution is 0.0322. The number of H-pyrrole nitrogens is 2. The third-order valence-electron chi connectivity index (χ3n) is 8.18. The fraction of sp³-hybridized carbons (Fsp3) is 0.154. The highest BCUT2D eigenvalue weighted by molar-refractivity contribution is 7.79. The maximum absolute atomic E-state index is 6.00. The Kier molecular flexibility index (Phi) is 10.2. The molecule has 8 nitrogen and oxygen atoms in total. The second kappa shape index (κ2) is 15.6. The zero-order chi connectivity index (χ0) is 32.4. The summed E-state index contributed by atoms with van der Waals surface area (Å²) >= 11 is 0. The first kappa shape index (κ1) is 31.5. The average molecular weight is 653 g/mol. The topological polar surface area (TPSA) is 91.9 Å². The molecular weight excluding hydrogens is 615 g/mol. The van der Waals surface area contributed by atoms with Crippen molar-refractivity contribution in [2.45, 2.75) is 0 Å². The molecule has 2 N–H and O–H groups in total. The van der Waals surface area contributed by atoms with Crippen LogP contribution in [-0.4, -0.2) is 69.7 Å². The van der Waals surface area contributed by atoms with E-state index in [-0.39, 0.29) is 0 Å². The van der Waals surface area contributed by atoms with Crippen molar-refractivity contribution in [3.05, 3.63) is 140 Å². The first-order chi connectivity index (χ1) is 23.8. The molecule has 0 aliphatic carbocycles.